The van der Waals surface area contributed by atoms with Gasteiger partial charge in [-0.05, 0) is 30.5 Å². The molecule has 0 N–H and O–H groups in total. The van der Waals surface area contributed by atoms with E-state index in [-0.39, 0.29) is 62.2 Å². The molecule has 0 radical (unpaired) electrons. The van der Waals surface area contributed by atoms with Crippen LogP contribution in [0.15, 0.2) is 24.3 Å². The molecule has 0 atom stereocenters. The van der Waals surface area contributed by atoms with E-state index in [2.05, 4.69) is 6.58 Å². The first-order valence-electron chi connectivity index (χ1n) is 6.28. The second kappa shape index (κ2) is 9.76. The number of ether oxygens (including phenoxy) is 1. The summed E-state index contributed by atoms with van der Waals surface area (Å²) in [5.74, 6) is -1.18. The topological polar surface area (TPSA) is 66.4 Å². The summed E-state index contributed by atoms with van der Waals surface area (Å²) >= 11 is 6.22. The molecule has 0 saturated heterocycles. The van der Waals surface area contributed by atoms with Gasteiger partial charge in [-0.1, -0.05) is 32.0 Å². The molecule has 1 rings (SSSR count). The van der Waals surface area contributed by atoms with Crippen LogP contribution < -0.4 is 61.2 Å². The summed E-state index contributed by atoms with van der Waals surface area (Å²) in [6.07, 6.45) is 1.06. The predicted octanol–water partition coefficient (Wildman–Crippen LogP) is -0.816. The third kappa shape index (κ3) is 5.51. The van der Waals surface area contributed by atoms with Gasteiger partial charge in [0.05, 0.1) is 11.0 Å². The van der Waals surface area contributed by atoms with Crippen molar-refractivity contribution >= 4 is 23.4 Å². The number of carbonyl (C=O) groups excluding carboxylic acids is 2. The van der Waals surface area contributed by atoms with Gasteiger partial charge in [-0.25, -0.2) is 0 Å². The van der Waals surface area contributed by atoms with Crippen molar-refractivity contribution in [2.45, 2.75) is 26.7 Å². The van der Waals surface area contributed by atoms with Gasteiger partial charge in [0.1, 0.15) is 12.4 Å². The Morgan fingerprint density at radius 2 is 1.95 bits per heavy atom. The average Bonchev–Trinajstić information content (AvgIpc) is 2.43. The minimum atomic E-state index is -1.32. The Balaban J connectivity index is 0.00000400. The zero-order chi connectivity index (χ0) is 15.3. The molecule has 6 heteroatoms. The molecule has 0 aliphatic heterocycles. The number of halogens is 1. The molecule has 0 unspecified atom stereocenters. The van der Waals surface area contributed by atoms with Crippen molar-refractivity contribution < 1.29 is 70.8 Å². The van der Waals surface area contributed by atoms with Crippen LogP contribution in [-0.4, -0.2) is 18.4 Å². The fraction of sp³-hybridized carbons (Fsp3) is 0.333. The molecule has 0 spiro atoms. The first kappa shape index (κ1) is 20.8. The summed E-state index contributed by atoms with van der Waals surface area (Å²) in [5, 5.41) is 10.7. The fourth-order valence-corrected chi connectivity index (χ4v) is 2.11. The number of carboxylic acids is 1. The first-order valence-corrected chi connectivity index (χ1v) is 6.66. The van der Waals surface area contributed by atoms with E-state index in [1.54, 1.807) is 6.07 Å². The molecule has 0 fully saturated rings. The quantitative estimate of drug-likeness (QED) is 0.371. The van der Waals surface area contributed by atoms with Crippen LogP contribution in [0.25, 0.3) is 0 Å². The third-order valence-corrected chi connectivity index (χ3v) is 3.32. The van der Waals surface area contributed by atoms with Crippen LogP contribution in [0, 0.1) is 0 Å². The number of hydrogen-bond acceptors (Lipinski definition) is 4. The largest absolute Gasteiger partial charge is 1.00 e. The summed E-state index contributed by atoms with van der Waals surface area (Å²) in [6, 6.07) is 3.07. The smallest absolute Gasteiger partial charge is 0.546 e. The van der Waals surface area contributed by atoms with Gasteiger partial charge in [0, 0.05) is 11.1 Å². The monoisotopic (exact) mass is 334 g/mol. The molecule has 0 amide bonds. The molecule has 0 heterocycles. The van der Waals surface area contributed by atoms with Crippen LogP contribution in [-0.2, 0) is 11.2 Å². The molecule has 0 aliphatic carbocycles. The van der Waals surface area contributed by atoms with Crippen LogP contribution in [0.3, 0.4) is 0 Å². The van der Waals surface area contributed by atoms with E-state index in [9.17, 15) is 14.7 Å². The van der Waals surface area contributed by atoms with Crippen LogP contribution >= 0.6 is 11.6 Å². The average molecular weight is 335 g/mol. The van der Waals surface area contributed by atoms with Crippen molar-refractivity contribution in [3.05, 3.63) is 40.4 Å². The van der Waals surface area contributed by atoms with Gasteiger partial charge in [0.2, 0.25) is 0 Å². The van der Waals surface area contributed by atoms with Gasteiger partial charge in [0.15, 0.2) is 5.78 Å². The third-order valence-electron chi connectivity index (χ3n) is 2.89. The maximum absolute atomic E-state index is 12.1. The van der Waals surface area contributed by atoms with Gasteiger partial charge in [-0.2, -0.15) is 0 Å². The number of ketones is 1. The van der Waals surface area contributed by atoms with E-state index in [0.29, 0.717) is 35.3 Å². The molecule has 4 nitrogen and oxygen atoms in total. The number of rotatable bonds is 7. The number of benzene rings is 1. The van der Waals surface area contributed by atoms with Crippen molar-refractivity contribution in [1.82, 2.24) is 0 Å². The molecular formula is C15H16ClKO4. The standard InChI is InChI=1S/C15H17ClO4.K/c1-4-9(3)15(19)11-6-7-12(20-8-13(17)18)10(5-2)14(11)16;/h6-7H,3-5,8H2,1-2H3,(H,17,18);/q;+1/p-1. The number of Topliss-reactive ketones (excluding diaryl/α,β-unsaturated/α-hetero) is 1. The maximum atomic E-state index is 12.1. The molecule has 0 saturated carbocycles. The number of carboxylic acid groups (broad SMARTS) is 1. The fourth-order valence-electron chi connectivity index (χ4n) is 1.73. The van der Waals surface area contributed by atoms with Crippen molar-refractivity contribution in [3.63, 3.8) is 0 Å². The van der Waals surface area contributed by atoms with E-state index in [4.69, 9.17) is 16.3 Å². The molecule has 0 aliphatic rings. The predicted molar refractivity (Wildman–Crippen MR) is 75.1 cm³/mol. The Morgan fingerprint density at radius 1 is 1.33 bits per heavy atom. The first-order chi connectivity index (χ1) is 9.42. The molecule has 0 bridgehead atoms. The van der Waals surface area contributed by atoms with Crippen LogP contribution in [0.1, 0.15) is 36.2 Å². The minimum Gasteiger partial charge on any atom is -0.546 e. The molecule has 21 heavy (non-hydrogen) atoms. The summed E-state index contributed by atoms with van der Waals surface area (Å²) < 4.78 is 5.11. The van der Waals surface area contributed by atoms with E-state index < -0.39 is 12.6 Å². The Kier molecular flexibility index (Phi) is 9.68. The van der Waals surface area contributed by atoms with Gasteiger partial charge < -0.3 is 14.6 Å². The molecule has 1 aromatic carbocycles. The second-order valence-electron chi connectivity index (χ2n) is 4.20. The zero-order valence-electron chi connectivity index (χ0n) is 12.5. The SMILES string of the molecule is C=C(CC)C(=O)c1ccc(OCC(=O)[O-])c(CC)c1Cl.[K+]. The van der Waals surface area contributed by atoms with Gasteiger partial charge >= 0.3 is 51.4 Å². The molecule has 1 aromatic rings. The number of allylic oxidation sites excluding steroid dienone is 1. The number of hydrogen-bond donors (Lipinski definition) is 0. The number of aliphatic carboxylic acids is 1. The number of carbonyl (C=O) groups is 2. The van der Waals surface area contributed by atoms with E-state index in [0.717, 1.165) is 0 Å². The van der Waals surface area contributed by atoms with Gasteiger partial charge in [0.25, 0.3) is 0 Å². The van der Waals surface area contributed by atoms with Gasteiger partial charge in [-0.15, -0.1) is 0 Å². The Bertz CT molecular complexity index is 555. The van der Waals surface area contributed by atoms with Gasteiger partial charge in [-0.3, -0.25) is 4.79 Å². The summed E-state index contributed by atoms with van der Waals surface area (Å²) in [5.41, 5.74) is 1.43. The normalized spacial score (nSPS) is 9.67. The molecule has 0 aromatic heterocycles. The van der Waals surface area contributed by atoms with E-state index >= 15 is 0 Å². The van der Waals surface area contributed by atoms with Crippen molar-refractivity contribution in [1.29, 1.82) is 0 Å². The minimum absolute atomic E-state index is 0. The summed E-state index contributed by atoms with van der Waals surface area (Å²) in [4.78, 5) is 22.5. The maximum Gasteiger partial charge on any atom is 1.00 e. The second-order valence-corrected chi connectivity index (χ2v) is 4.58. The van der Waals surface area contributed by atoms with E-state index in [1.165, 1.54) is 6.07 Å². The van der Waals surface area contributed by atoms with Crippen LogP contribution in [0.4, 0.5) is 0 Å². The van der Waals surface area contributed by atoms with Crippen molar-refractivity contribution in [2.75, 3.05) is 6.61 Å². The molecule has 108 valence electrons. The molecular weight excluding hydrogens is 319 g/mol. The van der Waals surface area contributed by atoms with Crippen LogP contribution in [0.5, 0.6) is 5.75 Å². The Hall–Kier alpha value is -0.174. The summed E-state index contributed by atoms with van der Waals surface area (Å²) in [6.45, 7) is 6.83. The Morgan fingerprint density at radius 3 is 2.43 bits per heavy atom. The van der Waals surface area contributed by atoms with Crippen molar-refractivity contribution in [2.24, 2.45) is 0 Å². The van der Waals surface area contributed by atoms with Crippen LogP contribution in [0.2, 0.25) is 5.02 Å². The zero-order valence-corrected chi connectivity index (χ0v) is 16.4. The summed E-state index contributed by atoms with van der Waals surface area (Å²) in [7, 11) is 0. The van der Waals surface area contributed by atoms with E-state index in [1.807, 2.05) is 13.8 Å². The van der Waals surface area contributed by atoms with Crippen molar-refractivity contribution in [3.8, 4) is 5.75 Å². The Labute approximate surface area is 171 Å².